The molecule has 0 saturated heterocycles. The number of rotatable bonds is 17. The number of carboxylic acid groups (broad SMARTS) is 2. The van der Waals surface area contributed by atoms with Crippen LogP contribution in [-0.2, 0) is 32.2 Å². The van der Waals surface area contributed by atoms with E-state index >= 15 is 0 Å². The van der Waals surface area contributed by atoms with Gasteiger partial charge in [0.05, 0.1) is 50.9 Å². The van der Waals surface area contributed by atoms with Gasteiger partial charge in [0.2, 0.25) is 0 Å². The summed E-state index contributed by atoms with van der Waals surface area (Å²) in [6, 6.07) is 29.2. The molecule has 0 spiro atoms. The van der Waals surface area contributed by atoms with E-state index in [9.17, 15) is 24.3 Å². The molecular formula is C46H45Cl4N4NaO9S2. The van der Waals surface area contributed by atoms with Gasteiger partial charge in [-0.2, -0.15) is 0 Å². The third-order valence-corrected chi connectivity index (χ3v) is 12.5. The summed E-state index contributed by atoms with van der Waals surface area (Å²) in [7, 11) is 0. The number of thiazole rings is 2. The minimum Gasteiger partial charge on any atom is -0.870 e. The number of hydrogen-bond donors (Lipinski definition) is 2. The van der Waals surface area contributed by atoms with Crippen molar-refractivity contribution in [2.75, 3.05) is 29.5 Å². The van der Waals surface area contributed by atoms with Crippen molar-refractivity contribution in [1.29, 1.82) is 0 Å². The number of ether oxygens (including phenoxy) is 2. The number of carbonyl (C=O) groups is 4. The van der Waals surface area contributed by atoms with Gasteiger partial charge in [0.1, 0.15) is 15.4 Å². The first kappa shape index (κ1) is 56.1. The van der Waals surface area contributed by atoms with Crippen molar-refractivity contribution in [2.24, 2.45) is 0 Å². The Bertz CT molecular complexity index is 2580. The number of nitrogens with zero attached hydrogens (tertiary/aromatic N) is 4. The number of halogens is 4. The van der Waals surface area contributed by atoms with Gasteiger partial charge in [-0.3, -0.25) is 9.59 Å². The summed E-state index contributed by atoms with van der Waals surface area (Å²) in [4.78, 5) is 61.6. The topological polar surface area (TPSA) is 189 Å². The Kier molecular flexibility index (Phi) is 22.4. The Morgan fingerprint density at radius 1 is 0.652 bits per heavy atom. The van der Waals surface area contributed by atoms with E-state index in [0.717, 1.165) is 22.5 Å². The smallest absolute Gasteiger partial charge is 0.870 e. The molecule has 0 aliphatic carbocycles. The molecule has 0 aliphatic rings. The van der Waals surface area contributed by atoms with Crippen molar-refractivity contribution in [1.82, 2.24) is 9.97 Å². The number of carboxylic acids is 2. The molecule has 13 nitrogen and oxygen atoms in total. The van der Waals surface area contributed by atoms with Gasteiger partial charge < -0.3 is 35.0 Å². The molecule has 0 saturated carbocycles. The Labute approximate surface area is 432 Å². The molecular weight excluding hydrogens is 981 g/mol. The Hall–Kier alpha value is -4.26. The number of aromatic carboxylic acids is 1. The van der Waals surface area contributed by atoms with Crippen LogP contribution in [0.5, 0.6) is 0 Å². The van der Waals surface area contributed by atoms with Gasteiger partial charge in [0, 0.05) is 37.3 Å². The zero-order valence-corrected chi connectivity index (χ0v) is 43.3. The van der Waals surface area contributed by atoms with Gasteiger partial charge in [-0.1, -0.05) is 142 Å². The molecule has 4 aromatic carbocycles. The quantitative estimate of drug-likeness (QED) is 0.0651. The molecule has 3 N–H and O–H groups in total. The maximum Gasteiger partial charge on any atom is 1.00 e. The fraction of sp³-hybridized carbons (Fsp3) is 0.261. The molecule has 0 bridgehead atoms. The number of hydrogen-bond acceptors (Lipinski definition) is 13. The Morgan fingerprint density at radius 3 is 1.50 bits per heavy atom. The third-order valence-electron chi connectivity index (χ3n) is 8.85. The maximum absolute atomic E-state index is 12.8. The number of carbonyl (C=O) groups excluding carboxylic acids is 2. The summed E-state index contributed by atoms with van der Waals surface area (Å²) < 4.78 is 10.8. The third kappa shape index (κ3) is 16.5. The largest absolute Gasteiger partial charge is 1.00 e. The molecule has 0 unspecified atom stereocenters. The summed E-state index contributed by atoms with van der Waals surface area (Å²) in [5.74, 6) is -2.83. The normalized spacial score (nSPS) is 10.7. The van der Waals surface area contributed by atoms with Crippen molar-refractivity contribution in [3.63, 3.8) is 0 Å². The van der Waals surface area contributed by atoms with Crippen molar-refractivity contribution in [2.45, 2.75) is 59.2 Å². The van der Waals surface area contributed by atoms with Crippen molar-refractivity contribution >= 4 is 103 Å². The van der Waals surface area contributed by atoms with E-state index in [2.05, 4.69) is 4.98 Å². The van der Waals surface area contributed by atoms with Gasteiger partial charge in [0.25, 0.3) is 0 Å². The van der Waals surface area contributed by atoms with E-state index < -0.39 is 23.5 Å². The van der Waals surface area contributed by atoms with Crippen LogP contribution in [0.3, 0.4) is 0 Å². The molecule has 0 radical (unpaired) electrons. The molecule has 66 heavy (non-hydrogen) atoms. The molecule has 344 valence electrons. The zero-order chi connectivity index (χ0) is 46.6. The Morgan fingerprint density at radius 2 is 1.09 bits per heavy atom. The van der Waals surface area contributed by atoms with Crippen LogP contribution in [-0.4, -0.2) is 74.8 Å². The van der Waals surface area contributed by atoms with Crippen LogP contribution in [0.2, 0.25) is 20.1 Å². The monoisotopic (exact) mass is 1020 g/mol. The van der Waals surface area contributed by atoms with E-state index in [-0.39, 0.29) is 77.6 Å². The fourth-order valence-electron chi connectivity index (χ4n) is 5.99. The van der Waals surface area contributed by atoms with E-state index in [1.165, 1.54) is 11.3 Å². The molecule has 0 fully saturated rings. The predicted octanol–water partition coefficient (Wildman–Crippen LogP) is 9.16. The number of anilines is 2. The molecule has 0 aliphatic heterocycles. The van der Waals surface area contributed by atoms with Crippen LogP contribution < -0.4 is 39.4 Å². The number of benzene rings is 4. The summed E-state index contributed by atoms with van der Waals surface area (Å²) in [6.07, 6.45) is 0.0669. The number of aromatic nitrogens is 2. The fourth-order valence-corrected chi connectivity index (χ4v) is 8.54. The Balaban J connectivity index is 0.000000345. The van der Waals surface area contributed by atoms with E-state index in [4.69, 9.17) is 66.0 Å². The summed E-state index contributed by atoms with van der Waals surface area (Å²) >= 11 is 26.6. The molecule has 6 rings (SSSR count). The molecule has 0 amide bonds. The first-order chi connectivity index (χ1) is 30.4. The van der Waals surface area contributed by atoms with Crippen LogP contribution in [0.1, 0.15) is 71.0 Å². The molecule has 6 aromatic rings. The second-order valence-electron chi connectivity index (χ2n) is 14.9. The van der Waals surface area contributed by atoms with E-state index in [1.807, 2.05) is 86.3 Å². The average molecular weight is 1030 g/mol. The van der Waals surface area contributed by atoms with Gasteiger partial charge in [-0.05, 0) is 63.1 Å². The summed E-state index contributed by atoms with van der Waals surface area (Å²) in [6.45, 7) is 8.95. The minimum atomic E-state index is -1.12. The van der Waals surface area contributed by atoms with Gasteiger partial charge in [-0.25, -0.2) is 19.6 Å². The first-order valence-corrected chi connectivity index (χ1v) is 22.9. The van der Waals surface area contributed by atoms with Crippen LogP contribution in [0.15, 0.2) is 97.1 Å². The molecule has 2 aromatic heterocycles. The maximum atomic E-state index is 12.8. The van der Waals surface area contributed by atoms with Gasteiger partial charge >= 0.3 is 53.4 Å². The standard InChI is InChI=1S/C26H28Cl2N2O4S.C20H16Cl2N2O4S.Na.H2O/c1-5-33-24(32)23-22(18-11-12-19(27)20(28)15-18)29-25(35-23)30(16-17-9-7-6-8-10-17)14-13-21(31)34-26(2,3)4;21-14-7-6-13(10-15(14)22)17-18(19(27)28)29-20(23-17)24(9-8-16(25)26)11-12-4-2-1-3-5-12;;/h6-12,15H,5,13-14,16H2,1-4H3;1-7,10H,8-9,11H2,(H,25,26)(H,27,28);;1H2/q;;+1;/p-1. The first-order valence-electron chi connectivity index (χ1n) is 19.8. The predicted molar refractivity (Wildman–Crippen MR) is 258 cm³/mol. The second-order valence-corrected chi connectivity index (χ2v) is 18.5. The van der Waals surface area contributed by atoms with E-state index in [1.54, 1.807) is 48.2 Å². The van der Waals surface area contributed by atoms with Crippen LogP contribution >= 0.6 is 69.1 Å². The molecule has 2 heterocycles. The van der Waals surface area contributed by atoms with E-state index in [0.29, 0.717) is 71.7 Å². The summed E-state index contributed by atoms with van der Waals surface area (Å²) in [5.41, 5.74) is 3.33. The van der Waals surface area contributed by atoms with Gasteiger partial charge in [-0.15, -0.1) is 0 Å². The number of esters is 2. The SMILES string of the molecule is CCOC(=O)c1sc(N(CCC(=O)OC(C)(C)C)Cc2ccccc2)nc1-c1ccc(Cl)c(Cl)c1.O=C(O)CCN(Cc1ccccc1)c1nc(-c2ccc(Cl)c(Cl)c2)c(C(=O)O)s1.[Na+].[OH-]. The van der Waals surface area contributed by atoms with Crippen molar-refractivity contribution in [3.05, 3.63) is 138 Å². The average Bonchev–Trinajstić information content (AvgIpc) is 3.90. The number of aliphatic carboxylic acids is 1. The minimum absolute atomic E-state index is 0. The molecule has 20 heteroatoms. The van der Waals surface area contributed by atoms with Crippen LogP contribution in [0.4, 0.5) is 10.3 Å². The zero-order valence-electron chi connectivity index (χ0n) is 36.6. The van der Waals surface area contributed by atoms with Crippen LogP contribution in [0, 0.1) is 0 Å². The molecule has 0 atom stereocenters. The van der Waals surface area contributed by atoms with Gasteiger partial charge in [0.15, 0.2) is 10.3 Å². The van der Waals surface area contributed by atoms with Crippen molar-refractivity contribution in [3.8, 4) is 22.5 Å². The second kappa shape index (κ2) is 26.3. The summed E-state index contributed by atoms with van der Waals surface area (Å²) in [5, 5.41) is 21.2. The van der Waals surface area contributed by atoms with Crippen LogP contribution in [0.25, 0.3) is 22.5 Å². The van der Waals surface area contributed by atoms with Crippen molar-refractivity contribution < 1.29 is 73.9 Å².